The molecule has 2 N–H and O–H groups in total. The maximum atomic E-state index is 12.3. The third-order valence-corrected chi connectivity index (χ3v) is 7.53. The molecule has 9 atom stereocenters. The highest BCUT2D eigenvalue weighted by Gasteiger charge is 2.73. The van der Waals surface area contributed by atoms with E-state index in [0.717, 1.165) is 0 Å². The summed E-state index contributed by atoms with van der Waals surface area (Å²) in [5.41, 5.74) is -2.03. The van der Waals surface area contributed by atoms with Gasteiger partial charge in [-0.3, -0.25) is 9.59 Å². The van der Waals surface area contributed by atoms with E-state index in [9.17, 15) is 24.6 Å². The first kappa shape index (κ1) is 20.8. The lowest BCUT2D eigenvalue weighted by molar-refractivity contribution is -0.183. The van der Waals surface area contributed by atoms with E-state index in [4.69, 9.17) is 14.2 Å². The second-order valence-electron chi connectivity index (χ2n) is 8.65. The molecule has 2 aliphatic carbocycles. The van der Waals surface area contributed by atoms with Gasteiger partial charge in [-0.1, -0.05) is 27.4 Å². The summed E-state index contributed by atoms with van der Waals surface area (Å²) in [5.74, 6) is -3.13. The number of rotatable bonds is 2. The first-order chi connectivity index (χ1) is 12.9. The van der Waals surface area contributed by atoms with Crippen molar-refractivity contribution in [2.24, 2.45) is 22.7 Å². The Bertz CT molecular complexity index is 732. The molecule has 0 bridgehead atoms. The van der Waals surface area contributed by atoms with E-state index in [2.05, 4.69) is 6.58 Å². The molecule has 8 nitrogen and oxygen atoms in total. The molecule has 0 aromatic rings. The van der Waals surface area contributed by atoms with Crippen molar-refractivity contribution >= 4 is 17.9 Å². The van der Waals surface area contributed by atoms with E-state index >= 15 is 0 Å². The first-order valence-electron chi connectivity index (χ1n) is 9.47. The summed E-state index contributed by atoms with van der Waals surface area (Å²) in [7, 11) is 0. The maximum Gasteiger partial charge on any atom is 0.334 e. The van der Waals surface area contributed by atoms with Gasteiger partial charge in [0.15, 0.2) is 0 Å². The largest absolute Gasteiger partial charge is 0.461 e. The van der Waals surface area contributed by atoms with Gasteiger partial charge in [0.25, 0.3) is 0 Å². The standard InChI is InChI=1S/C20H28O8/c1-8-14-16(28-18(8)25)15(26-10(3)21)9(2)19(5)12(23)7-13(24)20(19,6)17(14)27-11(4)22/h9,12-17,23-24H,1,7H2,2-6H3. The molecular formula is C20H28O8. The topological polar surface area (TPSA) is 119 Å². The van der Waals surface area contributed by atoms with Gasteiger partial charge in [-0.05, 0) is 0 Å². The number of hydrogen-bond donors (Lipinski definition) is 2. The van der Waals surface area contributed by atoms with Gasteiger partial charge in [-0.25, -0.2) is 4.79 Å². The fraction of sp³-hybridized carbons (Fsp3) is 0.750. The van der Waals surface area contributed by atoms with Gasteiger partial charge in [0.05, 0.1) is 18.1 Å². The van der Waals surface area contributed by atoms with Crippen LogP contribution in [0.2, 0.25) is 0 Å². The summed E-state index contributed by atoms with van der Waals surface area (Å²) in [6.07, 6.45) is -4.70. The number of ether oxygens (including phenoxy) is 3. The number of esters is 3. The summed E-state index contributed by atoms with van der Waals surface area (Å²) in [5, 5.41) is 21.9. The average Bonchev–Trinajstić information content (AvgIpc) is 2.95. The van der Waals surface area contributed by atoms with Crippen molar-refractivity contribution in [3.63, 3.8) is 0 Å². The van der Waals surface area contributed by atoms with Crippen LogP contribution in [0.1, 0.15) is 41.0 Å². The molecule has 1 aliphatic heterocycles. The van der Waals surface area contributed by atoms with E-state index < -0.39 is 71.1 Å². The quantitative estimate of drug-likeness (QED) is 0.398. The van der Waals surface area contributed by atoms with Crippen molar-refractivity contribution in [1.29, 1.82) is 0 Å². The number of carbonyl (C=O) groups excluding carboxylic acids is 3. The van der Waals surface area contributed by atoms with Gasteiger partial charge >= 0.3 is 17.9 Å². The zero-order chi connectivity index (χ0) is 21.2. The minimum Gasteiger partial charge on any atom is -0.461 e. The number of carbonyl (C=O) groups is 3. The maximum absolute atomic E-state index is 12.3. The summed E-state index contributed by atoms with van der Waals surface area (Å²) in [6.45, 7) is 11.6. The normalized spacial score (nSPS) is 47.6. The second-order valence-corrected chi connectivity index (χ2v) is 8.65. The molecule has 0 aromatic heterocycles. The van der Waals surface area contributed by atoms with Crippen LogP contribution >= 0.6 is 0 Å². The molecule has 2 saturated carbocycles. The van der Waals surface area contributed by atoms with Crippen LogP contribution in [0.15, 0.2) is 12.2 Å². The molecule has 28 heavy (non-hydrogen) atoms. The van der Waals surface area contributed by atoms with Gasteiger partial charge in [-0.15, -0.1) is 0 Å². The second kappa shape index (κ2) is 6.56. The number of aliphatic hydroxyl groups is 2. The molecule has 0 radical (unpaired) electrons. The van der Waals surface area contributed by atoms with Crippen molar-refractivity contribution in [3.8, 4) is 0 Å². The minimum atomic E-state index is -1.13. The van der Waals surface area contributed by atoms with Crippen LogP contribution < -0.4 is 0 Å². The van der Waals surface area contributed by atoms with Crippen LogP contribution in [0.3, 0.4) is 0 Å². The van der Waals surface area contributed by atoms with Crippen molar-refractivity contribution < 1.29 is 38.8 Å². The van der Waals surface area contributed by atoms with Crippen LogP contribution in [0.25, 0.3) is 0 Å². The van der Waals surface area contributed by atoms with Crippen molar-refractivity contribution in [1.82, 2.24) is 0 Å². The SMILES string of the molecule is C=C1C(=O)OC2C(OC(C)=O)C(C)C3(C)C(O)CC(O)C3(C)C(OC(C)=O)C12. The van der Waals surface area contributed by atoms with E-state index in [0.29, 0.717) is 0 Å². The number of hydrogen-bond acceptors (Lipinski definition) is 8. The Kier molecular flexibility index (Phi) is 4.87. The van der Waals surface area contributed by atoms with Crippen LogP contribution in [-0.4, -0.2) is 58.6 Å². The zero-order valence-electron chi connectivity index (χ0n) is 16.8. The fourth-order valence-electron chi connectivity index (χ4n) is 5.68. The summed E-state index contributed by atoms with van der Waals surface area (Å²) in [4.78, 5) is 36.1. The lowest BCUT2D eigenvalue weighted by Crippen LogP contribution is -2.56. The van der Waals surface area contributed by atoms with Crippen LogP contribution in [-0.2, 0) is 28.6 Å². The van der Waals surface area contributed by atoms with Gasteiger partial charge in [0, 0.05) is 42.6 Å². The van der Waals surface area contributed by atoms with Gasteiger partial charge < -0.3 is 24.4 Å². The zero-order valence-corrected chi connectivity index (χ0v) is 16.8. The smallest absolute Gasteiger partial charge is 0.334 e. The third-order valence-electron chi connectivity index (χ3n) is 7.53. The predicted molar refractivity (Wildman–Crippen MR) is 95.6 cm³/mol. The Hall–Kier alpha value is -1.93. The van der Waals surface area contributed by atoms with Gasteiger partial charge in [0.2, 0.25) is 0 Å². The van der Waals surface area contributed by atoms with E-state index in [1.807, 2.05) is 0 Å². The minimum absolute atomic E-state index is 0.0700. The molecule has 1 saturated heterocycles. The van der Waals surface area contributed by atoms with Gasteiger partial charge in [0.1, 0.15) is 18.3 Å². The molecule has 0 amide bonds. The molecule has 3 rings (SSSR count). The Morgan fingerprint density at radius 1 is 1.11 bits per heavy atom. The lowest BCUT2D eigenvalue weighted by Gasteiger charge is -2.50. The highest BCUT2D eigenvalue weighted by Crippen LogP contribution is 2.65. The van der Waals surface area contributed by atoms with E-state index in [-0.39, 0.29) is 12.0 Å². The van der Waals surface area contributed by atoms with Gasteiger partial charge in [-0.2, -0.15) is 0 Å². The Labute approximate surface area is 163 Å². The molecule has 9 unspecified atom stereocenters. The van der Waals surface area contributed by atoms with Crippen LogP contribution in [0.4, 0.5) is 0 Å². The molecule has 3 aliphatic rings. The highest BCUT2D eigenvalue weighted by atomic mass is 16.6. The fourth-order valence-corrected chi connectivity index (χ4v) is 5.68. The van der Waals surface area contributed by atoms with Crippen LogP contribution in [0, 0.1) is 22.7 Å². The monoisotopic (exact) mass is 396 g/mol. The highest BCUT2D eigenvalue weighted by molar-refractivity contribution is 5.91. The van der Waals surface area contributed by atoms with Crippen molar-refractivity contribution in [3.05, 3.63) is 12.2 Å². The first-order valence-corrected chi connectivity index (χ1v) is 9.47. The number of aliphatic hydroxyl groups excluding tert-OH is 2. The van der Waals surface area contributed by atoms with E-state index in [1.54, 1.807) is 20.8 Å². The Balaban J connectivity index is 2.27. The molecule has 3 fully saturated rings. The molecule has 1 heterocycles. The molecule has 0 aromatic carbocycles. The molecule has 8 heteroatoms. The third kappa shape index (κ3) is 2.54. The average molecular weight is 396 g/mol. The summed E-state index contributed by atoms with van der Waals surface area (Å²) < 4.78 is 16.7. The van der Waals surface area contributed by atoms with E-state index in [1.165, 1.54) is 13.8 Å². The summed E-state index contributed by atoms with van der Waals surface area (Å²) in [6, 6.07) is 0. The molecule has 0 spiro atoms. The molecule has 156 valence electrons. The van der Waals surface area contributed by atoms with Crippen molar-refractivity contribution in [2.75, 3.05) is 0 Å². The van der Waals surface area contributed by atoms with Crippen molar-refractivity contribution in [2.45, 2.75) is 71.6 Å². The number of fused-ring (bicyclic) bond motifs is 2. The molecular weight excluding hydrogens is 368 g/mol. The summed E-state index contributed by atoms with van der Waals surface area (Å²) >= 11 is 0. The predicted octanol–water partition coefficient (Wildman–Crippen LogP) is 0.735. The lowest BCUT2D eigenvalue weighted by atomic mass is 9.57. The Morgan fingerprint density at radius 3 is 2.18 bits per heavy atom. The Morgan fingerprint density at radius 2 is 1.64 bits per heavy atom. The van der Waals surface area contributed by atoms with Crippen LogP contribution in [0.5, 0.6) is 0 Å².